The summed E-state index contributed by atoms with van der Waals surface area (Å²) in [5.41, 5.74) is 3.18. The van der Waals surface area contributed by atoms with Crippen LogP contribution in [0.1, 0.15) is 31.9 Å². The maximum Gasteiger partial charge on any atom is 0.276 e. The van der Waals surface area contributed by atoms with E-state index in [1.807, 2.05) is 61.5 Å². The zero-order chi connectivity index (χ0) is 20.1. The van der Waals surface area contributed by atoms with Gasteiger partial charge in [-0.15, -0.1) is 0 Å². The number of hydrogen-bond donors (Lipinski definition) is 1. The standard InChI is InChI=1S/C21H27N3O2S/c1-21(2,3)18-10-14-20(15-11-18)27(25,26)23-22-16-6-7-17-8-12-19(13-9-17)24(4)5/h6-16,23H,1-5H3. The van der Waals surface area contributed by atoms with E-state index in [4.69, 9.17) is 0 Å². The summed E-state index contributed by atoms with van der Waals surface area (Å²) in [6.45, 7) is 6.25. The smallest absolute Gasteiger partial charge is 0.276 e. The van der Waals surface area contributed by atoms with Crippen LogP contribution in [0.4, 0.5) is 5.69 Å². The van der Waals surface area contributed by atoms with Crippen LogP contribution in [0.5, 0.6) is 0 Å². The number of benzene rings is 2. The molecular formula is C21H27N3O2S. The van der Waals surface area contributed by atoms with Crippen molar-refractivity contribution in [1.29, 1.82) is 0 Å². The van der Waals surface area contributed by atoms with Gasteiger partial charge < -0.3 is 4.90 Å². The van der Waals surface area contributed by atoms with Gasteiger partial charge >= 0.3 is 0 Å². The first-order valence-electron chi connectivity index (χ1n) is 8.69. The molecule has 144 valence electrons. The highest BCUT2D eigenvalue weighted by Gasteiger charge is 2.16. The molecule has 6 heteroatoms. The molecular weight excluding hydrogens is 358 g/mol. The molecule has 0 atom stereocenters. The second kappa shape index (κ2) is 8.39. The molecule has 0 amide bonds. The minimum atomic E-state index is -3.67. The third-order valence-corrected chi connectivity index (χ3v) is 5.30. The molecule has 0 saturated heterocycles. The van der Waals surface area contributed by atoms with E-state index in [0.717, 1.165) is 16.8 Å². The predicted molar refractivity (Wildman–Crippen MR) is 114 cm³/mol. The quantitative estimate of drug-likeness (QED) is 0.603. The van der Waals surface area contributed by atoms with E-state index >= 15 is 0 Å². The van der Waals surface area contributed by atoms with E-state index in [9.17, 15) is 8.42 Å². The molecule has 2 aromatic rings. The Morgan fingerprint density at radius 2 is 1.56 bits per heavy atom. The van der Waals surface area contributed by atoms with Gasteiger partial charge in [-0.2, -0.15) is 13.5 Å². The van der Waals surface area contributed by atoms with Crippen molar-refractivity contribution in [3.05, 3.63) is 65.7 Å². The summed E-state index contributed by atoms with van der Waals surface area (Å²) in [6, 6.07) is 14.9. The van der Waals surface area contributed by atoms with Crippen molar-refractivity contribution in [2.45, 2.75) is 31.1 Å². The van der Waals surface area contributed by atoms with Crippen molar-refractivity contribution in [3.63, 3.8) is 0 Å². The van der Waals surface area contributed by atoms with Crippen molar-refractivity contribution in [3.8, 4) is 0 Å². The van der Waals surface area contributed by atoms with Gasteiger partial charge in [0.2, 0.25) is 0 Å². The third kappa shape index (κ3) is 5.96. The summed E-state index contributed by atoms with van der Waals surface area (Å²) < 4.78 is 24.5. The van der Waals surface area contributed by atoms with Gasteiger partial charge in [0.1, 0.15) is 0 Å². The lowest BCUT2D eigenvalue weighted by Gasteiger charge is -2.19. The second-order valence-corrected chi connectivity index (χ2v) is 9.15. The Balaban J connectivity index is 1.98. The highest BCUT2D eigenvalue weighted by atomic mass is 32.2. The molecule has 0 radical (unpaired) electrons. The monoisotopic (exact) mass is 385 g/mol. The first-order valence-corrected chi connectivity index (χ1v) is 10.2. The number of anilines is 1. The van der Waals surface area contributed by atoms with E-state index in [1.54, 1.807) is 18.2 Å². The van der Waals surface area contributed by atoms with Crippen LogP contribution in [0.15, 0.2) is 64.6 Å². The molecule has 2 rings (SSSR count). The average Bonchev–Trinajstić information content (AvgIpc) is 2.61. The lowest BCUT2D eigenvalue weighted by molar-refractivity contribution is 0.580. The van der Waals surface area contributed by atoms with Crippen LogP contribution >= 0.6 is 0 Å². The minimum absolute atomic E-state index is 0.0244. The Morgan fingerprint density at radius 1 is 0.963 bits per heavy atom. The van der Waals surface area contributed by atoms with E-state index < -0.39 is 10.0 Å². The summed E-state index contributed by atoms with van der Waals surface area (Å²) in [4.78, 5) is 4.44. The molecule has 0 aliphatic rings. The van der Waals surface area contributed by atoms with Gasteiger partial charge in [0, 0.05) is 26.0 Å². The molecule has 0 saturated carbocycles. The molecule has 1 N–H and O–H groups in total. The Hall–Kier alpha value is -2.60. The van der Waals surface area contributed by atoms with E-state index in [1.165, 1.54) is 6.21 Å². The predicted octanol–water partition coefficient (Wildman–Crippen LogP) is 4.03. The molecule has 0 bridgehead atoms. The number of allylic oxidation sites excluding steroid dienone is 1. The first-order chi connectivity index (χ1) is 12.6. The van der Waals surface area contributed by atoms with Gasteiger partial charge in [0.05, 0.1) is 4.90 Å². The largest absolute Gasteiger partial charge is 0.378 e. The van der Waals surface area contributed by atoms with Gasteiger partial charge in [-0.1, -0.05) is 51.1 Å². The molecule has 0 unspecified atom stereocenters. The van der Waals surface area contributed by atoms with Crippen LogP contribution in [0.3, 0.4) is 0 Å². The number of nitrogens with zero attached hydrogens (tertiary/aromatic N) is 2. The molecule has 0 aliphatic heterocycles. The van der Waals surface area contributed by atoms with E-state index in [0.29, 0.717) is 0 Å². The molecule has 0 fully saturated rings. The third-order valence-electron chi connectivity index (χ3n) is 4.06. The number of nitrogens with one attached hydrogen (secondary N) is 1. The van der Waals surface area contributed by atoms with E-state index in [-0.39, 0.29) is 10.3 Å². The lowest BCUT2D eigenvalue weighted by atomic mass is 9.87. The molecule has 5 nitrogen and oxygen atoms in total. The first kappa shape index (κ1) is 20.7. The molecule has 0 spiro atoms. The van der Waals surface area contributed by atoms with E-state index in [2.05, 4.69) is 30.7 Å². The fraction of sp³-hybridized carbons (Fsp3) is 0.286. The van der Waals surface area contributed by atoms with Gasteiger partial charge in [0.15, 0.2) is 0 Å². The average molecular weight is 386 g/mol. The Morgan fingerprint density at radius 3 is 2.07 bits per heavy atom. The van der Waals surface area contributed by atoms with Crippen molar-refractivity contribution in [2.75, 3.05) is 19.0 Å². The van der Waals surface area contributed by atoms with Crippen molar-refractivity contribution >= 4 is 28.0 Å². The maximum atomic E-state index is 12.3. The zero-order valence-electron chi connectivity index (χ0n) is 16.5. The summed E-state index contributed by atoms with van der Waals surface area (Å²) in [5.74, 6) is 0. The Kier molecular flexibility index (Phi) is 6.44. The molecule has 0 aliphatic carbocycles. The van der Waals surface area contributed by atoms with Crippen LogP contribution in [-0.2, 0) is 15.4 Å². The summed E-state index contributed by atoms with van der Waals surface area (Å²) >= 11 is 0. The summed E-state index contributed by atoms with van der Waals surface area (Å²) in [6.07, 6.45) is 4.96. The van der Waals surface area contributed by atoms with Crippen LogP contribution < -0.4 is 9.73 Å². The summed E-state index contributed by atoms with van der Waals surface area (Å²) in [5, 5.41) is 3.79. The maximum absolute atomic E-state index is 12.3. The number of hydrazone groups is 1. The summed E-state index contributed by atoms with van der Waals surface area (Å²) in [7, 11) is 0.303. The molecule has 0 heterocycles. The van der Waals surface area contributed by atoms with Gasteiger partial charge in [-0.3, -0.25) is 0 Å². The van der Waals surface area contributed by atoms with Crippen LogP contribution in [0.25, 0.3) is 6.08 Å². The Bertz CT molecular complexity index is 905. The SMILES string of the molecule is CN(C)c1ccc(C=CC=NNS(=O)(=O)c2ccc(C(C)(C)C)cc2)cc1. The van der Waals surface area contributed by atoms with Crippen LogP contribution in [0.2, 0.25) is 0 Å². The van der Waals surface area contributed by atoms with Crippen molar-refractivity contribution in [1.82, 2.24) is 4.83 Å². The van der Waals surface area contributed by atoms with Crippen molar-refractivity contribution in [2.24, 2.45) is 5.10 Å². The minimum Gasteiger partial charge on any atom is -0.378 e. The zero-order valence-corrected chi connectivity index (χ0v) is 17.3. The van der Waals surface area contributed by atoms with Crippen LogP contribution in [-0.4, -0.2) is 28.7 Å². The highest BCUT2D eigenvalue weighted by Crippen LogP contribution is 2.23. The molecule has 2 aromatic carbocycles. The lowest BCUT2D eigenvalue weighted by Crippen LogP contribution is -2.18. The number of hydrogen-bond acceptors (Lipinski definition) is 4. The Labute approximate surface area is 162 Å². The van der Waals surface area contributed by atoms with Gasteiger partial charge in [-0.05, 0) is 46.9 Å². The molecule has 27 heavy (non-hydrogen) atoms. The molecule has 0 aromatic heterocycles. The van der Waals surface area contributed by atoms with Crippen molar-refractivity contribution < 1.29 is 8.42 Å². The second-order valence-electron chi connectivity index (χ2n) is 7.49. The normalized spacial score (nSPS) is 12.6. The fourth-order valence-electron chi connectivity index (χ4n) is 2.37. The fourth-order valence-corrected chi connectivity index (χ4v) is 3.17. The van der Waals surface area contributed by atoms with Gasteiger partial charge in [-0.25, -0.2) is 4.83 Å². The van der Waals surface area contributed by atoms with Crippen LogP contribution in [0, 0.1) is 0 Å². The number of sulfonamides is 1. The highest BCUT2D eigenvalue weighted by molar-refractivity contribution is 7.89. The van der Waals surface area contributed by atoms with Gasteiger partial charge in [0.25, 0.3) is 10.0 Å². The topological polar surface area (TPSA) is 61.8 Å². The number of rotatable bonds is 6.